The molecule has 0 amide bonds. The van der Waals surface area contributed by atoms with Crippen LogP contribution in [0.4, 0.5) is 4.39 Å². The van der Waals surface area contributed by atoms with Crippen LogP contribution in [0, 0.1) is 11.0 Å². The number of hydrogen-bond acceptors (Lipinski definition) is 6. The topological polar surface area (TPSA) is 106 Å². The van der Waals surface area contributed by atoms with E-state index in [9.17, 15) is 24.4 Å². The van der Waals surface area contributed by atoms with Crippen LogP contribution in [-0.2, 0) is 22.8 Å². The van der Waals surface area contributed by atoms with Gasteiger partial charge in [0.1, 0.15) is 26.2 Å². The molecule has 10 nitrogen and oxygen atoms in total. The summed E-state index contributed by atoms with van der Waals surface area (Å²) in [5.74, 6) is -1.14. The van der Waals surface area contributed by atoms with Crippen molar-refractivity contribution in [3.63, 3.8) is 0 Å². The van der Waals surface area contributed by atoms with Gasteiger partial charge in [-0.3, -0.25) is 4.79 Å². The van der Waals surface area contributed by atoms with Gasteiger partial charge in [0.2, 0.25) is 5.82 Å². The zero-order valence-corrected chi connectivity index (χ0v) is 13.8. The molecule has 11 heteroatoms. The Bertz CT molecular complexity index is 736. The third kappa shape index (κ3) is 3.97. The molecule has 1 aromatic heterocycles. The Hall–Kier alpha value is -1.63. The van der Waals surface area contributed by atoms with Crippen LogP contribution < -0.4 is 11.2 Å². The van der Waals surface area contributed by atoms with Gasteiger partial charge < -0.3 is 19.3 Å². The van der Waals surface area contributed by atoms with Crippen LogP contribution in [0.1, 0.15) is 0 Å². The minimum Gasteiger partial charge on any atom is -0.631 e. The summed E-state index contributed by atoms with van der Waals surface area (Å²) in [6, 6.07) is 0. The van der Waals surface area contributed by atoms with E-state index in [-0.39, 0.29) is 46.1 Å². The van der Waals surface area contributed by atoms with Crippen molar-refractivity contribution in [1.29, 1.82) is 0 Å². The molecule has 2 saturated heterocycles. The Kier molecular flexibility index (Phi) is 5.04. The number of morpholine rings is 2. The van der Waals surface area contributed by atoms with Gasteiger partial charge in [-0.2, -0.15) is 9.04 Å². The molecule has 2 aliphatic rings. The Labute approximate surface area is 142 Å². The summed E-state index contributed by atoms with van der Waals surface area (Å²) in [4.78, 5) is 24.6. The summed E-state index contributed by atoms with van der Waals surface area (Å²) < 4.78 is 24.5. The average molecular weight is 361 g/mol. The summed E-state index contributed by atoms with van der Waals surface area (Å²) in [5.41, 5.74) is -1.95. The fourth-order valence-electron chi connectivity index (χ4n) is 3.03. The smallest absolute Gasteiger partial charge is 0.340 e. The van der Waals surface area contributed by atoms with Gasteiger partial charge in [0.05, 0.1) is 32.6 Å². The monoisotopic (exact) mass is 361 g/mol. The highest BCUT2D eigenvalue weighted by Gasteiger charge is 2.31. The maximum Gasteiger partial charge on any atom is 0.340 e. The zero-order valence-electron chi connectivity index (χ0n) is 13.8. The second kappa shape index (κ2) is 6.94. The number of aromatic nitrogens is 2. The molecule has 0 saturated carbocycles. The molecule has 3 heterocycles. The van der Waals surface area contributed by atoms with Crippen LogP contribution in [0.3, 0.4) is 0 Å². The lowest BCUT2D eigenvalue weighted by atomic mass is 10.4. The summed E-state index contributed by atoms with van der Waals surface area (Å²) in [6.07, 6.45) is 0.779. The number of nitrogens with zero attached hydrogens (tertiary/aromatic N) is 4. The van der Waals surface area contributed by atoms with Crippen LogP contribution in [0.2, 0.25) is 0 Å². The van der Waals surface area contributed by atoms with Crippen molar-refractivity contribution in [2.45, 2.75) is 13.3 Å². The van der Waals surface area contributed by atoms with E-state index in [0.29, 0.717) is 17.8 Å². The molecule has 140 valence electrons. The summed E-state index contributed by atoms with van der Waals surface area (Å²) in [5, 5.41) is 23.1. The number of hydrogen-bond donors (Lipinski definition) is 1. The third-order valence-electron chi connectivity index (χ3n) is 4.60. The zero-order chi connectivity index (χ0) is 18.1. The Morgan fingerprint density at radius 1 is 1.08 bits per heavy atom. The van der Waals surface area contributed by atoms with Gasteiger partial charge in [-0.15, -0.1) is 0 Å². The van der Waals surface area contributed by atoms with Gasteiger partial charge >= 0.3 is 5.69 Å². The van der Waals surface area contributed by atoms with Crippen molar-refractivity contribution < 1.29 is 28.4 Å². The molecule has 2 fully saturated rings. The molecule has 0 atom stereocenters. The lowest BCUT2D eigenvalue weighted by Gasteiger charge is -2.44. The van der Waals surface area contributed by atoms with E-state index in [4.69, 9.17) is 9.47 Å². The average Bonchev–Trinajstić information content (AvgIpc) is 2.58. The first-order valence-corrected chi connectivity index (χ1v) is 8.13. The maximum atomic E-state index is 14.0. The van der Waals surface area contributed by atoms with E-state index in [1.165, 1.54) is 0 Å². The Morgan fingerprint density at radius 2 is 1.64 bits per heavy atom. The number of rotatable bonds is 4. The van der Waals surface area contributed by atoms with Crippen molar-refractivity contribution in [1.82, 2.24) is 9.13 Å². The highest BCUT2D eigenvalue weighted by atomic mass is 19.1. The normalized spacial score (nSPS) is 22.7. The summed E-state index contributed by atoms with van der Waals surface area (Å²) in [7, 11) is 0. The van der Waals surface area contributed by atoms with Crippen molar-refractivity contribution in [2.75, 3.05) is 52.6 Å². The van der Waals surface area contributed by atoms with Crippen LogP contribution in [0.5, 0.6) is 0 Å². The number of quaternary nitrogens is 2. The van der Waals surface area contributed by atoms with E-state index < -0.39 is 33.0 Å². The maximum absolute atomic E-state index is 14.0. The number of hydroxylamine groups is 6. The minimum absolute atomic E-state index is 0.0831. The molecule has 0 bridgehead atoms. The van der Waals surface area contributed by atoms with E-state index >= 15 is 0 Å². The molecule has 0 aliphatic carbocycles. The Balaban J connectivity index is 1.92. The first-order valence-electron chi connectivity index (χ1n) is 8.13. The molecule has 1 N–H and O–H groups in total. The summed E-state index contributed by atoms with van der Waals surface area (Å²) >= 11 is 0. The fraction of sp³-hybridized carbons (Fsp3) is 0.714. The van der Waals surface area contributed by atoms with E-state index in [1.807, 2.05) is 0 Å². The van der Waals surface area contributed by atoms with Gasteiger partial charge in [0, 0.05) is 0 Å². The van der Waals surface area contributed by atoms with Crippen LogP contribution in [0.15, 0.2) is 15.8 Å². The standard InChI is InChI=1S/C14H22FN4O6/c15-12-9-16(10-18(22)1-5-24-6-2-18)14(21)17(13(12)20)11-19(23)3-7-25-8-4-19/h9,22H,1-8,10-11H2/q+1. The predicted octanol–water partition coefficient (Wildman–Crippen LogP) is -1.35. The SMILES string of the molecule is O=c1c(F)cn(C[N+]2(O)CCOCC2)c(=O)n1C[N+]1([O-])CCOCC1. The van der Waals surface area contributed by atoms with E-state index in [0.717, 1.165) is 10.8 Å². The van der Waals surface area contributed by atoms with Gasteiger partial charge in [0.25, 0.3) is 5.56 Å². The van der Waals surface area contributed by atoms with Gasteiger partial charge in [0.15, 0.2) is 13.3 Å². The third-order valence-corrected chi connectivity index (χ3v) is 4.60. The Morgan fingerprint density at radius 3 is 2.24 bits per heavy atom. The lowest BCUT2D eigenvalue weighted by molar-refractivity contribution is -1.12. The van der Waals surface area contributed by atoms with Crippen molar-refractivity contribution in [2.24, 2.45) is 0 Å². The molecule has 2 aliphatic heterocycles. The van der Waals surface area contributed by atoms with Crippen molar-refractivity contribution in [3.05, 3.63) is 38.1 Å². The van der Waals surface area contributed by atoms with Gasteiger partial charge in [-0.25, -0.2) is 19.1 Å². The minimum atomic E-state index is -1.14. The largest absolute Gasteiger partial charge is 0.631 e. The lowest BCUT2D eigenvalue weighted by Crippen LogP contribution is -2.58. The summed E-state index contributed by atoms with van der Waals surface area (Å²) in [6.45, 7) is 1.02. The first-order chi connectivity index (χ1) is 11.8. The van der Waals surface area contributed by atoms with Crippen LogP contribution in [-0.4, -0.2) is 76.2 Å². The number of halogens is 1. The van der Waals surface area contributed by atoms with Crippen molar-refractivity contribution >= 4 is 0 Å². The first kappa shape index (κ1) is 18.2. The second-order valence-corrected chi connectivity index (χ2v) is 6.52. The predicted molar refractivity (Wildman–Crippen MR) is 81.7 cm³/mol. The van der Waals surface area contributed by atoms with E-state index in [2.05, 4.69) is 0 Å². The van der Waals surface area contributed by atoms with Crippen LogP contribution >= 0.6 is 0 Å². The van der Waals surface area contributed by atoms with Gasteiger partial charge in [-0.05, 0) is 0 Å². The molecule has 0 aromatic carbocycles. The molecule has 1 aromatic rings. The molecule has 0 radical (unpaired) electrons. The quantitative estimate of drug-likeness (QED) is 0.525. The van der Waals surface area contributed by atoms with E-state index in [1.54, 1.807) is 0 Å². The van der Waals surface area contributed by atoms with Gasteiger partial charge in [-0.1, -0.05) is 0 Å². The molecule has 3 rings (SSSR count). The molecular weight excluding hydrogens is 339 g/mol. The molecular formula is C14H22FN4O6+. The molecule has 25 heavy (non-hydrogen) atoms. The highest BCUT2D eigenvalue weighted by Crippen LogP contribution is 2.11. The van der Waals surface area contributed by atoms with Crippen LogP contribution in [0.25, 0.3) is 0 Å². The highest BCUT2D eigenvalue weighted by molar-refractivity contribution is 4.89. The molecule has 0 spiro atoms. The second-order valence-electron chi connectivity index (χ2n) is 6.52. The number of ether oxygens (including phenoxy) is 2. The molecule has 0 unspecified atom stereocenters. The van der Waals surface area contributed by atoms with Crippen molar-refractivity contribution in [3.8, 4) is 0 Å². The fourth-order valence-corrected chi connectivity index (χ4v) is 3.03.